The minimum atomic E-state index is -0.622. The molecule has 0 radical (unpaired) electrons. The fourth-order valence-corrected chi connectivity index (χ4v) is 3.77. The van der Waals surface area contributed by atoms with Crippen LogP contribution in [0, 0.1) is 11.3 Å². The molecule has 0 aromatic heterocycles. The highest BCUT2D eigenvalue weighted by Gasteiger charge is 2.40. The van der Waals surface area contributed by atoms with E-state index in [-0.39, 0.29) is 11.9 Å². The molecule has 142 valence electrons. The van der Waals surface area contributed by atoms with Gasteiger partial charge in [-0.2, -0.15) is 5.26 Å². The lowest BCUT2D eigenvalue weighted by Crippen LogP contribution is -2.55. The van der Waals surface area contributed by atoms with Gasteiger partial charge in [0.2, 0.25) is 5.91 Å². The third-order valence-electron chi connectivity index (χ3n) is 5.96. The molecule has 1 amide bonds. The molecule has 0 saturated heterocycles. The Hall–Kier alpha value is -1.86. The number of amides is 1. The highest BCUT2D eigenvalue weighted by Crippen LogP contribution is 2.33. The summed E-state index contributed by atoms with van der Waals surface area (Å²) in [5.74, 6) is 0.559. The van der Waals surface area contributed by atoms with Gasteiger partial charge in [-0.25, -0.2) is 0 Å². The molecule has 0 bridgehead atoms. The molecule has 2 rings (SSSR count). The average molecular weight is 356 g/mol. The first kappa shape index (κ1) is 20.5. The van der Waals surface area contributed by atoms with Crippen molar-refractivity contribution in [2.24, 2.45) is 0 Å². The Morgan fingerprint density at radius 3 is 2.19 bits per heavy atom. The Labute approximate surface area is 158 Å². The van der Waals surface area contributed by atoms with E-state index in [1.54, 1.807) is 11.9 Å². The van der Waals surface area contributed by atoms with Crippen LogP contribution in [-0.2, 0) is 11.3 Å². The molecule has 1 unspecified atom stereocenters. The van der Waals surface area contributed by atoms with E-state index in [0.717, 1.165) is 38.6 Å². The van der Waals surface area contributed by atoms with E-state index in [1.165, 1.54) is 11.1 Å². The summed E-state index contributed by atoms with van der Waals surface area (Å²) in [7, 11) is 3.78. The van der Waals surface area contributed by atoms with Crippen molar-refractivity contribution in [3.8, 4) is 6.07 Å². The average Bonchev–Trinajstić information content (AvgIpc) is 2.67. The van der Waals surface area contributed by atoms with Crippen LogP contribution in [0.4, 0.5) is 0 Å². The van der Waals surface area contributed by atoms with Gasteiger partial charge in [-0.05, 0) is 43.9 Å². The summed E-state index contributed by atoms with van der Waals surface area (Å²) in [4.78, 5) is 16.8. The van der Waals surface area contributed by atoms with Crippen molar-refractivity contribution >= 4 is 5.91 Å². The molecule has 0 heterocycles. The van der Waals surface area contributed by atoms with Crippen LogP contribution >= 0.6 is 0 Å². The molecule has 1 aromatic carbocycles. The monoisotopic (exact) mass is 355 g/mol. The third-order valence-corrected chi connectivity index (χ3v) is 5.96. The summed E-state index contributed by atoms with van der Waals surface area (Å²) >= 11 is 0. The summed E-state index contributed by atoms with van der Waals surface area (Å²) in [5.41, 5.74) is 1.91. The summed E-state index contributed by atoms with van der Waals surface area (Å²) in [5, 5.41) is 9.73. The van der Waals surface area contributed by atoms with Crippen LogP contribution < -0.4 is 0 Å². The predicted molar refractivity (Wildman–Crippen MR) is 106 cm³/mol. The molecule has 1 aliphatic carbocycles. The van der Waals surface area contributed by atoms with Crippen molar-refractivity contribution in [2.75, 3.05) is 14.1 Å². The number of benzene rings is 1. The Morgan fingerprint density at radius 1 is 1.12 bits per heavy atom. The van der Waals surface area contributed by atoms with E-state index < -0.39 is 5.54 Å². The summed E-state index contributed by atoms with van der Waals surface area (Å²) in [6.07, 6.45) is 4.79. The number of nitriles is 1. The molecule has 1 aliphatic rings. The van der Waals surface area contributed by atoms with Gasteiger partial charge < -0.3 is 4.90 Å². The molecule has 0 aliphatic heterocycles. The first-order chi connectivity index (χ1) is 12.3. The van der Waals surface area contributed by atoms with Crippen molar-refractivity contribution in [2.45, 2.75) is 76.9 Å². The van der Waals surface area contributed by atoms with Gasteiger partial charge >= 0.3 is 0 Å². The number of hydrogen-bond donors (Lipinski definition) is 0. The zero-order valence-corrected chi connectivity index (χ0v) is 17.0. The van der Waals surface area contributed by atoms with Crippen LogP contribution in [0.3, 0.4) is 0 Å². The first-order valence-corrected chi connectivity index (χ1v) is 9.79. The fourth-order valence-electron chi connectivity index (χ4n) is 3.77. The first-order valence-electron chi connectivity index (χ1n) is 9.79. The molecule has 1 saturated carbocycles. The van der Waals surface area contributed by atoms with Crippen molar-refractivity contribution in [3.05, 3.63) is 35.4 Å². The number of carbonyl (C=O) groups excluding carboxylic acids is 1. The number of carbonyl (C=O) groups is 1. The van der Waals surface area contributed by atoms with E-state index in [9.17, 15) is 10.1 Å². The van der Waals surface area contributed by atoms with E-state index >= 15 is 0 Å². The van der Waals surface area contributed by atoms with Crippen molar-refractivity contribution in [1.29, 1.82) is 5.26 Å². The third kappa shape index (κ3) is 4.45. The summed E-state index contributed by atoms with van der Waals surface area (Å²) in [6.45, 7) is 7.04. The van der Waals surface area contributed by atoms with Crippen LogP contribution in [-0.4, -0.2) is 41.4 Å². The molecule has 4 nitrogen and oxygen atoms in total. The van der Waals surface area contributed by atoms with Gasteiger partial charge in [0.1, 0.15) is 5.54 Å². The molecule has 1 aromatic rings. The SMILES string of the molecule is CC(C)c1ccc(CN(C)C(C)C(=O)N(C)C2(C#N)CCCCC2)cc1. The molecular formula is C22H33N3O. The summed E-state index contributed by atoms with van der Waals surface area (Å²) in [6, 6.07) is 10.8. The number of hydrogen-bond acceptors (Lipinski definition) is 3. The molecule has 1 atom stereocenters. The quantitative estimate of drug-likeness (QED) is 0.764. The van der Waals surface area contributed by atoms with E-state index in [0.29, 0.717) is 5.92 Å². The second kappa shape index (κ2) is 8.68. The molecule has 0 N–H and O–H groups in total. The lowest BCUT2D eigenvalue weighted by Gasteiger charge is -2.41. The Morgan fingerprint density at radius 2 is 1.69 bits per heavy atom. The Balaban J connectivity index is 2.03. The van der Waals surface area contributed by atoms with E-state index in [1.807, 2.05) is 14.0 Å². The molecule has 26 heavy (non-hydrogen) atoms. The minimum absolute atomic E-state index is 0.0368. The van der Waals surface area contributed by atoms with Gasteiger partial charge in [0.05, 0.1) is 12.1 Å². The van der Waals surface area contributed by atoms with Gasteiger partial charge in [0.25, 0.3) is 0 Å². The van der Waals surface area contributed by atoms with Gasteiger partial charge in [-0.15, -0.1) is 0 Å². The minimum Gasteiger partial charge on any atom is -0.326 e. The lowest BCUT2D eigenvalue weighted by molar-refractivity contribution is -0.139. The molecular weight excluding hydrogens is 322 g/mol. The lowest BCUT2D eigenvalue weighted by atomic mass is 9.81. The summed E-state index contributed by atoms with van der Waals surface area (Å²) < 4.78 is 0. The van der Waals surface area contributed by atoms with Crippen molar-refractivity contribution in [3.63, 3.8) is 0 Å². The highest BCUT2D eigenvalue weighted by molar-refractivity contribution is 5.82. The number of rotatable bonds is 6. The standard InChI is InChI=1S/C22H33N3O/c1-17(2)20-11-9-19(10-12-20)15-24(4)18(3)21(26)25(5)22(16-23)13-7-6-8-14-22/h9-12,17-18H,6-8,13-15H2,1-5H3. The fraction of sp³-hybridized carbons (Fsp3) is 0.636. The van der Waals surface area contributed by atoms with Crippen molar-refractivity contribution in [1.82, 2.24) is 9.80 Å². The van der Waals surface area contributed by atoms with Crippen LogP contribution in [0.2, 0.25) is 0 Å². The second-order valence-corrected chi connectivity index (χ2v) is 8.09. The molecule has 4 heteroatoms. The van der Waals surface area contributed by atoms with Crippen molar-refractivity contribution < 1.29 is 4.79 Å². The van der Waals surface area contributed by atoms with Gasteiger partial charge in [-0.3, -0.25) is 9.69 Å². The molecule has 1 fully saturated rings. The highest BCUT2D eigenvalue weighted by atomic mass is 16.2. The second-order valence-electron chi connectivity index (χ2n) is 8.09. The van der Waals surface area contributed by atoms with Crippen LogP contribution in [0.15, 0.2) is 24.3 Å². The van der Waals surface area contributed by atoms with E-state index in [4.69, 9.17) is 0 Å². The number of nitrogens with zero attached hydrogens (tertiary/aromatic N) is 3. The van der Waals surface area contributed by atoms with Crippen LogP contribution in [0.5, 0.6) is 0 Å². The van der Waals surface area contributed by atoms with Gasteiger partial charge in [-0.1, -0.05) is 57.4 Å². The maximum absolute atomic E-state index is 13.0. The van der Waals surface area contributed by atoms with Gasteiger partial charge in [0, 0.05) is 13.6 Å². The topological polar surface area (TPSA) is 47.3 Å². The zero-order chi connectivity index (χ0) is 19.3. The maximum Gasteiger partial charge on any atom is 0.240 e. The largest absolute Gasteiger partial charge is 0.326 e. The van der Waals surface area contributed by atoms with Crippen LogP contribution in [0.25, 0.3) is 0 Å². The maximum atomic E-state index is 13.0. The van der Waals surface area contributed by atoms with Crippen LogP contribution in [0.1, 0.15) is 69.9 Å². The molecule has 0 spiro atoms. The van der Waals surface area contributed by atoms with E-state index in [2.05, 4.69) is 49.1 Å². The smallest absolute Gasteiger partial charge is 0.240 e. The normalized spacial score (nSPS) is 17.8. The Bertz CT molecular complexity index is 638. The Kier molecular flexibility index (Phi) is 6.83. The number of likely N-dealkylation sites (N-methyl/N-ethyl adjacent to an activating group) is 2. The zero-order valence-electron chi connectivity index (χ0n) is 17.0. The predicted octanol–water partition coefficient (Wildman–Crippen LogP) is 4.32. The van der Waals surface area contributed by atoms with Gasteiger partial charge in [0.15, 0.2) is 0 Å².